The number of esters is 4. The molecule has 5 atom stereocenters. The third-order valence-corrected chi connectivity index (χ3v) is 18.2. The third-order valence-electron chi connectivity index (χ3n) is 16.3. The van der Waals surface area contributed by atoms with Gasteiger partial charge in [-0.25, -0.2) is 9.13 Å². The van der Waals surface area contributed by atoms with Crippen LogP contribution in [0.1, 0.15) is 351 Å². The van der Waals surface area contributed by atoms with Gasteiger partial charge in [0.1, 0.15) is 19.3 Å². The summed E-state index contributed by atoms with van der Waals surface area (Å²) >= 11 is 0. The van der Waals surface area contributed by atoms with Gasteiger partial charge in [-0.05, 0) is 49.4 Å². The standard InChI is InChI=1S/C71H138O17P2/c1-61(2)47-39-31-23-18-14-10-9-11-17-21-27-37-45-53-70(75)87-67(58-82-69(74)52-44-36-30-29-34-42-50-64(7)8)60-86-90(79,80)84-56-65(72)55-83-89(77,78)85-59-66(88-71(76)54-46-38-28-22-25-33-41-49-63(5)6)57-81-68(73)51-43-35-26-20-16-13-12-15-19-24-32-40-48-62(3)4/h61-67,72H,9-60H2,1-8H3,(H,77,78)(H,79,80)/t65-,66-,67-/m1/s1. The molecule has 0 aliphatic carbocycles. The number of phosphoric ester groups is 2. The average Bonchev–Trinajstić information content (AvgIpc) is 2.26. The minimum Gasteiger partial charge on any atom is -0.462 e. The number of ether oxygens (including phenoxy) is 4. The molecule has 0 aliphatic rings. The lowest BCUT2D eigenvalue weighted by molar-refractivity contribution is -0.161. The van der Waals surface area contributed by atoms with Gasteiger partial charge in [0.15, 0.2) is 12.2 Å². The van der Waals surface area contributed by atoms with Crippen LogP contribution >= 0.6 is 15.6 Å². The summed E-state index contributed by atoms with van der Waals surface area (Å²) in [5.74, 6) is 0.812. The molecule has 0 radical (unpaired) electrons. The van der Waals surface area contributed by atoms with Gasteiger partial charge in [-0.15, -0.1) is 0 Å². The summed E-state index contributed by atoms with van der Waals surface area (Å²) < 4.78 is 68.3. The van der Waals surface area contributed by atoms with E-state index in [4.69, 9.17) is 37.0 Å². The summed E-state index contributed by atoms with van der Waals surface area (Å²) in [6, 6.07) is 0. The Hall–Kier alpha value is -1.94. The zero-order valence-electron chi connectivity index (χ0n) is 58.8. The van der Waals surface area contributed by atoms with Crippen molar-refractivity contribution in [3.05, 3.63) is 0 Å². The van der Waals surface area contributed by atoms with Gasteiger partial charge in [-0.1, -0.05) is 299 Å². The number of hydrogen-bond donors (Lipinski definition) is 3. The number of rotatable bonds is 68. The summed E-state index contributed by atoms with van der Waals surface area (Å²) in [5, 5.41) is 10.6. The minimum absolute atomic E-state index is 0.103. The van der Waals surface area contributed by atoms with Crippen LogP contribution in [-0.4, -0.2) is 96.7 Å². The third kappa shape index (κ3) is 64.8. The highest BCUT2D eigenvalue weighted by Crippen LogP contribution is 2.45. The molecule has 0 aromatic rings. The molecule has 2 unspecified atom stereocenters. The normalized spacial score (nSPS) is 14.3. The second kappa shape index (κ2) is 60.7. The summed E-state index contributed by atoms with van der Waals surface area (Å²) in [4.78, 5) is 72.5. The van der Waals surface area contributed by atoms with Crippen molar-refractivity contribution in [2.24, 2.45) is 23.7 Å². The predicted octanol–water partition coefficient (Wildman–Crippen LogP) is 20.1. The van der Waals surface area contributed by atoms with E-state index in [0.717, 1.165) is 108 Å². The van der Waals surface area contributed by atoms with E-state index in [1.165, 1.54) is 148 Å². The van der Waals surface area contributed by atoms with E-state index in [0.29, 0.717) is 37.5 Å². The zero-order chi connectivity index (χ0) is 66.8. The number of unbranched alkanes of at least 4 members (excludes halogenated alkanes) is 34. The van der Waals surface area contributed by atoms with E-state index < -0.39 is 97.5 Å². The number of carbonyl (C=O) groups is 4. The van der Waals surface area contributed by atoms with Crippen molar-refractivity contribution in [1.29, 1.82) is 0 Å². The molecule has 0 aromatic heterocycles. The fourth-order valence-corrected chi connectivity index (χ4v) is 12.2. The molecule has 19 heteroatoms. The van der Waals surface area contributed by atoms with Crippen LogP contribution in [0.15, 0.2) is 0 Å². The van der Waals surface area contributed by atoms with Gasteiger partial charge in [-0.3, -0.25) is 37.3 Å². The average molecular weight is 1330 g/mol. The minimum atomic E-state index is -4.95. The molecule has 90 heavy (non-hydrogen) atoms. The fourth-order valence-electron chi connectivity index (χ4n) is 10.7. The quantitative estimate of drug-likeness (QED) is 0.0222. The Kier molecular flexibility index (Phi) is 59.4. The zero-order valence-corrected chi connectivity index (χ0v) is 60.6. The lowest BCUT2D eigenvalue weighted by Gasteiger charge is -2.21. The van der Waals surface area contributed by atoms with E-state index >= 15 is 0 Å². The maximum absolute atomic E-state index is 13.0. The van der Waals surface area contributed by atoms with Crippen LogP contribution in [-0.2, 0) is 65.4 Å². The molecular formula is C71H138O17P2. The number of aliphatic hydroxyl groups is 1. The first-order valence-corrected chi connectivity index (χ1v) is 39.7. The summed E-state index contributed by atoms with van der Waals surface area (Å²) in [5.41, 5.74) is 0. The van der Waals surface area contributed by atoms with Crippen LogP contribution in [0.5, 0.6) is 0 Å². The molecule has 0 saturated carbocycles. The molecule has 3 N–H and O–H groups in total. The van der Waals surface area contributed by atoms with Gasteiger partial charge < -0.3 is 33.8 Å². The first kappa shape index (κ1) is 88.1. The largest absolute Gasteiger partial charge is 0.472 e. The molecule has 0 amide bonds. The smallest absolute Gasteiger partial charge is 0.462 e. The van der Waals surface area contributed by atoms with E-state index in [1.807, 2.05) is 0 Å². The van der Waals surface area contributed by atoms with E-state index in [2.05, 4.69) is 55.4 Å². The molecule has 0 spiro atoms. The Morgan fingerprint density at radius 3 is 0.689 bits per heavy atom. The summed E-state index contributed by atoms with van der Waals surface area (Å²) in [7, 11) is -9.90. The van der Waals surface area contributed by atoms with Crippen molar-refractivity contribution in [2.75, 3.05) is 39.6 Å². The molecular weight excluding hydrogens is 1190 g/mol. The second-order valence-electron chi connectivity index (χ2n) is 27.5. The molecule has 534 valence electrons. The first-order valence-electron chi connectivity index (χ1n) is 36.7. The monoisotopic (exact) mass is 1320 g/mol. The highest BCUT2D eigenvalue weighted by atomic mass is 31.2. The topological polar surface area (TPSA) is 237 Å². The molecule has 17 nitrogen and oxygen atoms in total. The van der Waals surface area contributed by atoms with Gasteiger partial charge in [0.05, 0.1) is 26.4 Å². The lowest BCUT2D eigenvalue weighted by atomic mass is 10.0. The Morgan fingerprint density at radius 2 is 0.467 bits per heavy atom. The van der Waals surface area contributed by atoms with Gasteiger partial charge in [0.2, 0.25) is 0 Å². The van der Waals surface area contributed by atoms with Crippen LogP contribution < -0.4 is 0 Å². The van der Waals surface area contributed by atoms with Crippen molar-refractivity contribution in [3.63, 3.8) is 0 Å². The Morgan fingerprint density at radius 1 is 0.278 bits per heavy atom. The maximum atomic E-state index is 13.0. The molecule has 0 rings (SSSR count). The lowest BCUT2D eigenvalue weighted by Crippen LogP contribution is -2.30. The molecule has 0 heterocycles. The molecule has 0 bridgehead atoms. The summed E-state index contributed by atoms with van der Waals surface area (Å²) in [6.45, 7) is 14.0. The molecule has 0 fully saturated rings. The number of phosphoric acid groups is 2. The SMILES string of the molecule is CC(C)CCCCCCCCCCCCCCCC(=O)O[C@H](COC(=O)CCCCCCCCC(C)C)COP(=O)(O)OC[C@H](O)COP(=O)(O)OC[C@@H](COC(=O)CCCCCCCCCCCCCCC(C)C)OC(=O)CCCCCCCCCC(C)C. The fraction of sp³-hybridized carbons (Fsp3) is 0.944. The number of carbonyl (C=O) groups excluding carboxylic acids is 4. The van der Waals surface area contributed by atoms with Crippen LogP contribution in [0.25, 0.3) is 0 Å². The number of hydrogen-bond acceptors (Lipinski definition) is 15. The first-order chi connectivity index (χ1) is 43.1. The van der Waals surface area contributed by atoms with Crippen molar-refractivity contribution in [2.45, 2.75) is 369 Å². The van der Waals surface area contributed by atoms with E-state index in [-0.39, 0.29) is 25.7 Å². The Bertz CT molecular complexity index is 1750. The van der Waals surface area contributed by atoms with Gasteiger partial charge in [0.25, 0.3) is 0 Å². The van der Waals surface area contributed by atoms with Gasteiger partial charge in [-0.2, -0.15) is 0 Å². The predicted molar refractivity (Wildman–Crippen MR) is 363 cm³/mol. The molecule has 0 aliphatic heterocycles. The van der Waals surface area contributed by atoms with E-state index in [9.17, 15) is 43.2 Å². The number of aliphatic hydroxyl groups excluding tert-OH is 1. The molecule has 0 aromatic carbocycles. The van der Waals surface area contributed by atoms with Crippen LogP contribution in [0.2, 0.25) is 0 Å². The second-order valence-corrected chi connectivity index (χ2v) is 30.4. The molecule has 0 saturated heterocycles. The Labute approximate surface area is 549 Å². The Balaban J connectivity index is 5.20. The van der Waals surface area contributed by atoms with Crippen LogP contribution in [0.4, 0.5) is 0 Å². The highest BCUT2D eigenvalue weighted by molar-refractivity contribution is 7.47. The van der Waals surface area contributed by atoms with Crippen molar-refractivity contribution < 1.29 is 80.2 Å². The van der Waals surface area contributed by atoms with Gasteiger partial charge in [0, 0.05) is 25.7 Å². The van der Waals surface area contributed by atoms with Crippen LogP contribution in [0.3, 0.4) is 0 Å². The van der Waals surface area contributed by atoms with Crippen molar-refractivity contribution >= 4 is 39.5 Å². The summed E-state index contributed by atoms with van der Waals surface area (Å²) in [6.07, 6.45) is 43.3. The van der Waals surface area contributed by atoms with Gasteiger partial charge >= 0.3 is 39.5 Å². The maximum Gasteiger partial charge on any atom is 0.472 e. The van der Waals surface area contributed by atoms with E-state index in [1.54, 1.807) is 0 Å². The van der Waals surface area contributed by atoms with Crippen molar-refractivity contribution in [1.82, 2.24) is 0 Å². The van der Waals surface area contributed by atoms with Crippen LogP contribution in [0, 0.1) is 23.7 Å². The highest BCUT2D eigenvalue weighted by Gasteiger charge is 2.30. The van der Waals surface area contributed by atoms with Crippen molar-refractivity contribution in [3.8, 4) is 0 Å².